The number of nitrogens with zero attached hydrogens (tertiary/aromatic N) is 3. The van der Waals surface area contributed by atoms with Gasteiger partial charge in [-0.25, -0.2) is 12.7 Å². The number of methoxy groups -OCH3 is 2. The van der Waals surface area contributed by atoms with Gasteiger partial charge in [-0.05, 0) is 56.2 Å². The van der Waals surface area contributed by atoms with Crippen LogP contribution in [0.2, 0.25) is 10.0 Å². The predicted octanol–water partition coefficient (Wildman–Crippen LogP) is 5.75. The van der Waals surface area contributed by atoms with Crippen LogP contribution in [-0.4, -0.2) is 77.3 Å². The summed E-state index contributed by atoms with van der Waals surface area (Å²) in [5, 5.41) is -0.225. The fourth-order valence-corrected chi connectivity index (χ4v) is 8.29. The molecule has 2 aliphatic rings. The van der Waals surface area contributed by atoms with E-state index in [9.17, 15) is 26.4 Å². The number of hydrogen-bond acceptors (Lipinski definition) is 8. The summed E-state index contributed by atoms with van der Waals surface area (Å²) in [7, 11) is 0.430. The van der Waals surface area contributed by atoms with Gasteiger partial charge in [0.05, 0.1) is 36.0 Å². The topological polar surface area (TPSA) is 106 Å². The van der Waals surface area contributed by atoms with Gasteiger partial charge in [-0.3, -0.25) is 14.5 Å². The van der Waals surface area contributed by atoms with E-state index >= 15 is 4.79 Å². The Kier molecular flexibility index (Phi) is 9.12. The van der Waals surface area contributed by atoms with E-state index in [1.165, 1.54) is 31.3 Å². The SMILES string of the molecule is COc1ccc(S(=O)(=O)N2C(=O)C(c3cc(C)ccc3OC)(N3CCC[C@H]3C(=O)N(C)C)c3c2ccc(Cl)c3Cl)c(OC(F)(F)F)c1. The third-order valence-corrected chi connectivity index (χ3v) is 10.7. The maximum Gasteiger partial charge on any atom is 0.573 e. The molecule has 2 atom stereocenters. The lowest BCUT2D eigenvalue weighted by Gasteiger charge is -2.42. The molecule has 0 spiro atoms. The van der Waals surface area contributed by atoms with Crippen LogP contribution < -0.4 is 18.5 Å². The molecular formula is C31H30Cl2F3N3O7S. The Bertz CT molecular complexity index is 1870. The highest BCUT2D eigenvalue weighted by molar-refractivity contribution is 7.93. The number of alkyl halides is 3. The van der Waals surface area contributed by atoms with Crippen molar-refractivity contribution in [3.8, 4) is 17.2 Å². The molecule has 0 radical (unpaired) electrons. The fourth-order valence-electron chi connectivity index (χ4n) is 6.29. The molecule has 16 heteroatoms. The number of amides is 2. The van der Waals surface area contributed by atoms with Crippen LogP contribution in [0.25, 0.3) is 0 Å². The molecule has 2 amide bonds. The monoisotopic (exact) mass is 715 g/mol. The van der Waals surface area contributed by atoms with Crippen molar-refractivity contribution < 1.29 is 45.4 Å². The summed E-state index contributed by atoms with van der Waals surface area (Å²) in [6, 6.07) is 9.23. The minimum atomic E-state index is -5.30. The van der Waals surface area contributed by atoms with Gasteiger partial charge in [0.25, 0.3) is 15.9 Å². The van der Waals surface area contributed by atoms with Gasteiger partial charge in [0.1, 0.15) is 16.4 Å². The molecule has 47 heavy (non-hydrogen) atoms. The van der Waals surface area contributed by atoms with Gasteiger partial charge in [0.2, 0.25) is 5.91 Å². The molecule has 2 heterocycles. The second kappa shape index (κ2) is 12.4. The van der Waals surface area contributed by atoms with Gasteiger partial charge >= 0.3 is 6.36 Å². The van der Waals surface area contributed by atoms with Crippen molar-refractivity contribution in [3.05, 3.63) is 75.3 Å². The molecule has 2 aliphatic heterocycles. The first-order chi connectivity index (χ1) is 22.0. The van der Waals surface area contributed by atoms with Crippen molar-refractivity contribution >= 4 is 50.7 Å². The number of halogens is 5. The number of likely N-dealkylation sites (tertiary alicyclic amines) is 1. The Morgan fingerprint density at radius 1 is 1.02 bits per heavy atom. The zero-order valence-corrected chi connectivity index (χ0v) is 28.1. The van der Waals surface area contributed by atoms with Crippen LogP contribution in [0.1, 0.15) is 29.5 Å². The van der Waals surface area contributed by atoms with Crippen molar-refractivity contribution in [1.29, 1.82) is 0 Å². The van der Waals surface area contributed by atoms with E-state index in [4.69, 9.17) is 32.7 Å². The highest BCUT2D eigenvalue weighted by atomic mass is 35.5. The van der Waals surface area contributed by atoms with Gasteiger partial charge in [0.15, 0.2) is 11.3 Å². The van der Waals surface area contributed by atoms with E-state index in [2.05, 4.69) is 4.74 Å². The minimum absolute atomic E-state index is 0.0336. The third-order valence-electron chi connectivity index (χ3n) is 8.20. The Balaban J connectivity index is 1.90. The summed E-state index contributed by atoms with van der Waals surface area (Å²) in [6.45, 7) is 1.88. The summed E-state index contributed by atoms with van der Waals surface area (Å²) in [5.74, 6) is -2.59. The summed E-state index contributed by atoms with van der Waals surface area (Å²) in [5.41, 5.74) is -1.68. The quantitative estimate of drug-likeness (QED) is 0.291. The number of anilines is 1. The molecule has 0 aromatic heterocycles. The summed E-state index contributed by atoms with van der Waals surface area (Å²) < 4.78 is 85.1. The van der Waals surface area contributed by atoms with Gasteiger partial charge in [-0.1, -0.05) is 34.8 Å². The average molecular weight is 717 g/mol. The Morgan fingerprint density at radius 2 is 1.72 bits per heavy atom. The summed E-state index contributed by atoms with van der Waals surface area (Å²) in [4.78, 5) is 30.9. The van der Waals surface area contributed by atoms with E-state index < -0.39 is 44.5 Å². The van der Waals surface area contributed by atoms with Crippen molar-refractivity contribution in [1.82, 2.24) is 9.80 Å². The first kappa shape index (κ1) is 34.6. The largest absolute Gasteiger partial charge is 0.573 e. The molecule has 3 aromatic rings. The average Bonchev–Trinajstić information content (AvgIpc) is 3.59. The van der Waals surface area contributed by atoms with Crippen molar-refractivity contribution in [2.75, 3.05) is 39.2 Å². The smallest absolute Gasteiger partial charge is 0.497 e. The highest BCUT2D eigenvalue weighted by Gasteiger charge is 2.64. The summed E-state index contributed by atoms with van der Waals surface area (Å²) >= 11 is 13.4. The molecular weight excluding hydrogens is 686 g/mol. The van der Waals surface area contributed by atoms with E-state index in [1.54, 1.807) is 44.1 Å². The molecule has 3 aromatic carbocycles. The molecule has 0 saturated carbocycles. The highest BCUT2D eigenvalue weighted by Crippen LogP contribution is 2.58. The Morgan fingerprint density at radius 3 is 2.34 bits per heavy atom. The predicted molar refractivity (Wildman–Crippen MR) is 168 cm³/mol. The van der Waals surface area contributed by atoms with Crippen molar-refractivity contribution in [2.24, 2.45) is 0 Å². The van der Waals surface area contributed by atoms with E-state index in [0.29, 0.717) is 22.7 Å². The number of sulfonamides is 1. The van der Waals surface area contributed by atoms with E-state index in [-0.39, 0.29) is 50.8 Å². The van der Waals surface area contributed by atoms with Crippen molar-refractivity contribution in [3.63, 3.8) is 0 Å². The zero-order chi connectivity index (χ0) is 34.6. The van der Waals surface area contributed by atoms with Crippen LogP contribution in [0.4, 0.5) is 18.9 Å². The Hall–Kier alpha value is -3.72. The van der Waals surface area contributed by atoms with Crippen LogP contribution in [0, 0.1) is 6.92 Å². The Labute approximate surface area is 279 Å². The number of benzene rings is 3. The normalized spacial score (nSPS) is 19.9. The van der Waals surface area contributed by atoms with E-state index in [0.717, 1.165) is 18.2 Å². The second-order valence-electron chi connectivity index (χ2n) is 11.2. The molecule has 1 fully saturated rings. The van der Waals surface area contributed by atoms with Crippen LogP contribution in [0.15, 0.2) is 53.4 Å². The maximum atomic E-state index is 15.3. The first-order valence-corrected chi connectivity index (χ1v) is 16.3. The number of carbonyl (C=O) groups excluding carboxylic acids is 2. The van der Waals surface area contributed by atoms with Crippen molar-refractivity contribution in [2.45, 2.75) is 42.6 Å². The fraction of sp³-hybridized carbons (Fsp3) is 0.355. The number of rotatable bonds is 8. The van der Waals surface area contributed by atoms with Gasteiger partial charge in [0, 0.05) is 37.8 Å². The number of fused-ring (bicyclic) bond motifs is 1. The van der Waals surface area contributed by atoms with Gasteiger partial charge < -0.3 is 19.1 Å². The number of likely N-dealkylation sites (N-methyl/N-ethyl adjacent to an activating group) is 1. The number of aryl methyl sites for hydroxylation is 1. The maximum absolute atomic E-state index is 15.3. The molecule has 5 rings (SSSR count). The minimum Gasteiger partial charge on any atom is -0.497 e. The van der Waals surface area contributed by atoms with Crippen LogP contribution in [0.3, 0.4) is 0 Å². The molecule has 0 bridgehead atoms. The standard InChI is InChI=1S/C31H30Cl2F3N3O7S/c1-17-8-12-23(45-5)19(15-17)30(38-14-6-7-22(38)28(40)37(2)3)26-21(11-10-20(32)27(26)33)39(29(30)41)47(42,43)25-13-9-18(44-4)16-24(25)46-31(34,35)36/h8-13,15-16,22H,6-7,14H2,1-5H3/t22-,30?/m0/s1. The van der Waals surface area contributed by atoms with Crippen LogP contribution in [0.5, 0.6) is 17.2 Å². The lowest BCUT2D eigenvalue weighted by atomic mass is 9.80. The molecule has 252 valence electrons. The van der Waals surface area contributed by atoms with Crippen LogP contribution in [-0.2, 0) is 25.2 Å². The van der Waals surface area contributed by atoms with Crippen LogP contribution >= 0.6 is 23.2 Å². The number of ether oxygens (including phenoxy) is 3. The molecule has 0 N–H and O–H groups in total. The molecule has 0 aliphatic carbocycles. The second-order valence-corrected chi connectivity index (χ2v) is 13.7. The first-order valence-electron chi connectivity index (χ1n) is 14.2. The van der Waals surface area contributed by atoms with Gasteiger partial charge in [-0.15, -0.1) is 13.2 Å². The summed E-state index contributed by atoms with van der Waals surface area (Å²) in [6.07, 6.45) is -4.55. The number of carbonyl (C=O) groups is 2. The van der Waals surface area contributed by atoms with Gasteiger partial charge in [-0.2, -0.15) is 0 Å². The molecule has 1 unspecified atom stereocenters. The molecule has 1 saturated heterocycles. The lowest BCUT2D eigenvalue weighted by Crippen LogP contribution is -2.59. The zero-order valence-electron chi connectivity index (χ0n) is 25.8. The molecule has 10 nitrogen and oxygen atoms in total. The number of hydrogen-bond donors (Lipinski definition) is 0. The third kappa shape index (κ3) is 5.64. The van der Waals surface area contributed by atoms with E-state index in [1.807, 2.05) is 0 Å². The lowest BCUT2D eigenvalue weighted by molar-refractivity contribution is -0.275.